The number of unbranched alkanes of at least 4 members (excludes halogenated alkanes) is 1. The van der Waals surface area contributed by atoms with Gasteiger partial charge in [-0.25, -0.2) is 0 Å². The predicted octanol–water partition coefficient (Wildman–Crippen LogP) is 3.58. The van der Waals surface area contributed by atoms with Gasteiger partial charge >= 0.3 is 5.97 Å². The number of nitrogens with zero attached hydrogens (tertiary/aromatic N) is 4. The molecule has 1 aromatic heterocycles. The molecule has 220 valence electrons. The number of amides is 1. The van der Waals surface area contributed by atoms with Crippen LogP contribution >= 0.6 is 0 Å². The molecule has 1 fully saturated rings. The highest BCUT2D eigenvalue weighted by molar-refractivity contribution is 5.79. The van der Waals surface area contributed by atoms with Gasteiger partial charge in [-0.1, -0.05) is 19.4 Å². The Morgan fingerprint density at radius 1 is 1.10 bits per heavy atom. The van der Waals surface area contributed by atoms with Crippen LogP contribution in [0.25, 0.3) is 0 Å². The highest BCUT2D eigenvalue weighted by Crippen LogP contribution is 2.43. The van der Waals surface area contributed by atoms with E-state index in [1.165, 1.54) is 0 Å². The number of aliphatic carboxylic acids is 1. The van der Waals surface area contributed by atoms with Crippen molar-refractivity contribution in [3.63, 3.8) is 0 Å². The van der Waals surface area contributed by atoms with Crippen molar-refractivity contribution in [3.05, 3.63) is 47.8 Å². The first kappa shape index (κ1) is 29.9. The van der Waals surface area contributed by atoms with Crippen molar-refractivity contribution in [1.82, 2.24) is 14.4 Å². The van der Waals surface area contributed by atoms with Crippen molar-refractivity contribution >= 4 is 11.9 Å². The van der Waals surface area contributed by atoms with E-state index >= 15 is 0 Å². The molecule has 2 aliphatic heterocycles. The lowest BCUT2D eigenvalue weighted by Crippen LogP contribution is -2.45. The van der Waals surface area contributed by atoms with Crippen molar-refractivity contribution in [3.8, 4) is 11.5 Å². The molecule has 0 aliphatic carbocycles. The number of likely N-dealkylation sites (tertiary alicyclic amines) is 1. The number of carboxylic acids is 1. The molecule has 9 nitrogen and oxygen atoms in total. The smallest absolute Gasteiger partial charge is 0.308 e. The molecule has 4 rings (SSSR count). The average Bonchev–Trinajstić information content (AvgIpc) is 3.62. The highest BCUT2D eigenvalue weighted by atomic mass is 16.7. The fourth-order valence-corrected chi connectivity index (χ4v) is 6.11. The van der Waals surface area contributed by atoms with Crippen LogP contribution in [0.5, 0.6) is 11.5 Å². The third kappa shape index (κ3) is 7.37. The number of benzene rings is 1. The minimum absolute atomic E-state index is 0.0919. The summed E-state index contributed by atoms with van der Waals surface area (Å²) in [5.74, 6) is -0.272. The zero-order valence-electron chi connectivity index (χ0n) is 24.8. The van der Waals surface area contributed by atoms with Gasteiger partial charge in [-0.05, 0) is 49.1 Å². The molecule has 2 aromatic rings. The molecule has 2 aliphatic rings. The molecule has 9 heteroatoms. The van der Waals surface area contributed by atoms with Gasteiger partial charge in [-0.3, -0.25) is 14.5 Å². The molecule has 0 bridgehead atoms. The van der Waals surface area contributed by atoms with E-state index in [1.807, 2.05) is 42.4 Å². The SMILES string of the molecule is CCCCN(CCC[N+](C)(C)C)C(=O)CN1CC(c2ccc3c(c2)OCO3)C(C(=O)O)C1CCc1cccn1C. The molecule has 3 unspecified atom stereocenters. The van der Waals surface area contributed by atoms with Crippen molar-refractivity contribution in [1.29, 1.82) is 0 Å². The van der Waals surface area contributed by atoms with Gasteiger partial charge in [0, 0.05) is 57.0 Å². The first-order valence-electron chi connectivity index (χ1n) is 14.6. The van der Waals surface area contributed by atoms with Crippen LogP contribution in [0.3, 0.4) is 0 Å². The lowest BCUT2D eigenvalue weighted by atomic mass is 9.83. The lowest BCUT2D eigenvalue weighted by molar-refractivity contribution is -0.870. The maximum Gasteiger partial charge on any atom is 0.308 e. The Morgan fingerprint density at radius 3 is 2.52 bits per heavy atom. The molecule has 1 saturated heterocycles. The zero-order valence-corrected chi connectivity index (χ0v) is 24.8. The van der Waals surface area contributed by atoms with Crippen LogP contribution < -0.4 is 9.47 Å². The number of aryl methyl sites for hydroxylation is 2. The molecule has 1 N–H and O–H groups in total. The van der Waals surface area contributed by atoms with E-state index in [4.69, 9.17) is 9.47 Å². The Hall–Kier alpha value is -3.04. The number of hydrogen-bond acceptors (Lipinski definition) is 5. The van der Waals surface area contributed by atoms with E-state index in [1.54, 1.807) is 0 Å². The molecular weight excluding hydrogens is 508 g/mol. The van der Waals surface area contributed by atoms with Gasteiger partial charge in [0.05, 0.1) is 40.2 Å². The van der Waals surface area contributed by atoms with Crippen LogP contribution in [0.2, 0.25) is 0 Å². The molecule has 40 heavy (non-hydrogen) atoms. The summed E-state index contributed by atoms with van der Waals surface area (Å²) in [5.41, 5.74) is 2.08. The maximum absolute atomic E-state index is 13.8. The fourth-order valence-electron chi connectivity index (χ4n) is 6.11. The van der Waals surface area contributed by atoms with E-state index in [2.05, 4.69) is 43.6 Å². The van der Waals surface area contributed by atoms with Crippen molar-refractivity contribution < 1.29 is 28.7 Å². The number of rotatable bonds is 14. The summed E-state index contributed by atoms with van der Waals surface area (Å²) in [7, 11) is 8.52. The van der Waals surface area contributed by atoms with Crippen molar-refractivity contribution in [2.75, 3.05) is 60.7 Å². The number of carboxylic acid groups (broad SMARTS) is 1. The van der Waals surface area contributed by atoms with Crippen LogP contribution in [0.4, 0.5) is 0 Å². The summed E-state index contributed by atoms with van der Waals surface area (Å²) in [5, 5.41) is 10.5. The second-order valence-corrected chi connectivity index (χ2v) is 12.3. The molecule has 3 atom stereocenters. The molecule has 1 aromatic carbocycles. The van der Waals surface area contributed by atoms with Crippen LogP contribution in [-0.2, 0) is 23.1 Å². The van der Waals surface area contributed by atoms with Gasteiger partial charge in [0.15, 0.2) is 11.5 Å². The first-order valence-corrected chi connectivity index (χ1v) is 14.6. The Labute approximate surface area is 238 Å². The van der Waals surface area contributed by atoms with Gasteiger partial charge in [0.25, 0.3) is 0 Å². The van der Waals surface area contributed by atoms with Crippen molar-refractivity contribution in [2.24, 2.45) is 13.0 Å². The van der Waals surface area contributed by atoms with Gasteiger partial charge in [-0.2, -0.15) is 0 Å². The third-order valence-electron chi connectivity index (χ3n) is 8.34. The predicted molar refractivity (Wildman–Crippen MR) is 155 cm³/mol. The van der Waals surface area contributed by atoms with E-state index in [0.29, 0.717) is 24.5 Å². The summed E-state index contributed by atoms with van der Waals surface area (Å²) >= 11 is 0. The third-order valence-corrected chi connectivity index (χ3v) is 8.34. The molecule has 1 amide bonds. The minimum atomic E-state index is -0.819. The van der Waals surface area contributed by atoms with E-state index < -0.39 is 11.9 Å². The van der Waals surface area contributed by atoms with Gasteiger partial charge < -0.3 is 28.5 Å². The number of aromatic nitrogens is 1. The van der Waals surface area contributed by atoms with Gasteiger partial charge in [0.1, 0.15) is 0 Å². The largest absolute Gasteiger partial charge is 0.481 e. The average molecular weight is 556 g/mol. The highest BCUT2D eigenvalue weighted by Gasteiger charge is 2.47. The summed E-state index contributed by atoms with van der Waals surface area (Å²) in [6, 6.07) is 9.56. The molecular formula is C31H47N4O5+. The second kappa shape index (κ2) is 13.1. The second-order valence-electron chi connectivity index (χ2n) is 12.3. The van der Waals surface area contributed by atoms with E-state index in [0.717, 1.165) is 61.1 Å². The Morgan fingerprint density at radius 2 is 1.85 bits per heavy atom. The molecule has 3 heterocycles. The normalized spacial score (nSPS) is 20.7. The molecule has 0 radical (unpaired) electrons. The summed E-state index contributed by atoms with van der Waals surface area (Å²) in [6.07, 6.45) is 6.35. The van der Waals surface area contributed by atoms with Gasteiger partial charge in [-0.15, -0.1) is 0 Å². The molecule has 0 spiro atoms. The Kier molecular flexibility index (Phi) is 9.79. The van der Waals surface area contributed by atoms with E-state index in [9.17, 15) is 14.7 Å². The maximum atomic E-state index is 13.8. The zero-order chi connectivity index (χ0) is 28.9. The van der Waals surface area contributed by atoms with Crippen LogP contribution in [0.1, 0.15) is 49.8 Å². The number of carbonyl (C=O) groups is 2. The number of quaternary nitrogens is 1. The Balaban J connectivity index is 1.57. The summed E-state index contributed by atoms with van der Waals surface area (Å²) in [4.78, 5) is 30.7. The van der Waals surface area contributed by atoms with Crippen LogP contribution in [0.15, 0.2) is 36.5 Å². The van der Waals surface area contributed by atoms with Crippen LogP contribution in [-0.4, -0.2) is 103 Å². The van der Waals surface area contributed by atoms with E-state index in [-0.39, 0.29) is 31.2 Å². The number of ether oxygens (including phenoxy) is 2. The van der Waals surface area contributed by atoms with Crippen molar-refractivity contribution in [2.45, 2.75) is 51.0 Å². The van der Waals surface area contributed by atoms with Gasteiger partial charge in [0.2, 0.25) is 12.7 Å². The number of fused-ring (bicyclic) bond motifs is 1. The standard InChI is InChI=1S/C31H46N4O5/c1-6-7-16-33(17-9-18-35(3,4)5)29(36)21-34-20-25(23-11-14-27-28(19-23)40-22-39-27)30(31(37)38)26(34)13-12-24-10-8-15-32(24)2/h8,10-11,14-15,19,25-26,30H,6-7,9,12-13,16-18,20-22H2,1-5H3/p+1. The Bertz CT molecular complexity index is 1160. The number of carbonyl (C=O) groups excluding carboxylic acids is 1. The summed E-state index contributed by atoms with van der Waals surface area (Å²) < 4.78 is 14.0. The quantitative estimate of drug-likeness (QED) is 0.359. The topological polar surface area (TPSA) is 84.2 Å². The van der Waals surface area contributed by atoms with Crippen LogP contribution in [0, 0.1) is 5.92 Å². The lowest BCUT2D eigenvalue weighted by Gasteiger charge is -2.31. The monoisotopic (exact) mass is 555 g/mol. The first-order chi connectivity index (χ1) is 19.1. The number of hydrogen-bond donors (Lipinski definition) is 1. The minimum Gasteiger partial charge on any atom is -0.481 e. The molecule has 0 saturated carbocycles. The fraction of sp³-hybridized carbons (Fsp3) is 0.613. The summed E-state index contributed by atoms with van der Waals surface area (Å²) in [6.45, 7) is 5.52.